The van der Waals surface area contributed by atoms with Crippen LogP contribution in [0.4, 0.5) is 10.5 Å². The average molecular weight is 359 g/mol. The number of nitro groups is 1. The van der Waals surface area contributed by atoms with Crippen molar-refractivity contribution in [1.29, 1.82) is 0 Å². The van der Waals surface area contributed by atoms with E-state index in [1.54, 1.807) is 17.5 Å². The van der Waals surface area contributed by atoms with E-state index in [2.05, 4.69) is 5.32 Å². The van der Waals surface area contributed by atoms with Crippen molar-refractivity contribution in [2.45, 2.75) is 12.5 Å². The molecule has 2 aromatic rings. The van der Waals surface area contributed by atoms with Gasteiger partial charge >= 0.3 is 6.03 Å². The Kier molecular flexibility index (Phi) is 4.09. The van der Waals surface area contributed by atoms with Gasteiger partial charge in [-0.3, -0.25) is 24.6 Å². The van der Waals surface area contributed by atoms with Crippen molar-refractivity contribution >= 4 is 34.7 Å². The second-order valence-electron chi connectivity index (χ2n) is 5.65. The Labute approximate surface area is 146 Å². The van der Waals surface area contributed by atoms with Gasteiger partial charge in [0.25, 0.3) is 11.6 Å². The lowest BCUT2D eigenvalue weighted by Gasteiger charge is -2.21. The summed E-state index contributed by atoms with van der Waals surface area (Å²) in [5, 5.41) is 15.0. The SMILES string of the molecule is C[C@@]1(c2ccc([N+](=O)[O-])cc2)NC(=O)N(CC(=O)c2cccs2)C1=O. The Bertz CT molecular complexity index is 862. The average Bonchev–Trinajstić information content (AvgIpc) is 3.19. The summed E-state index contributed by atoms with van der Waals surface area (Å²) in [7, 11) is 0. The molecule has 0 unspecified atom stereocenters. The summed E-state index contributed by atoms with van der Waals surface area (Å²) < 4.78 is 0. The third-order valence-electron chi connectivity index (χ3n) is 4.03. The van der Waals surface area contributed by atoms with Crippen molar-refractivity contribution in [1.82, 2.24) is 10.2 Å². The molecule has 3 rings (SSSR count). The fraction of sp³-hybridized carbons (Fsp3) is 0.188. The molecule has 0 saturated carbocycles. The smallest absolute Gasteiger partial charge is 0.319 e. The highest BCUT2D eigenvalue weighted by molar-refractivity contribution is 7.12. The highest BCUT2D eigenvalue weighted by Crippen LogP contribution is 2.30. The van der Waals surface area contributed by atoms with Crippen LogP contribution in [-0.2, 0) is 10.3 Å². The number of hydrogen-bond acceptors (Lipinski definition) is 6. The third kappa shape index (κ3) is 2.89. The largest absolute Gasteiger partial charge is 0.325 e. The van der Waals surface area contributed by atoms with Gasteiger partial charge in [-0.25, -0.2) is 4.79 Å². The zero-order valence-corrected chi connectivity index (χ0v) is 13.9. The van der Waals surface area contributed by atoms with Gasteiger partial charge in [-0.1, -0.05) is 6.07 Å². The molecule has 1 aliphatic rings. The molecule has 1 fully saturated rings. The molecular formula is C16H13N3O5S. The van der Waals surface area contributed by atoms with Crippen LogP contribution in [-0.4, -0.2) is 34.1 Å². The van der Waals surface area contributed by atoms with Crippen LogP contribution in [0.5, 0.6) is 0 Å². The first-order valence-corrected chi connectivity index (χ1v) is 8.16. The number of imide groups is 1. The van der Waals surface area contributed by atoms with Crippen LogP contribution in [0.15, 0.2) is 41.8 Å². The lowest BCUT2D eigenvalue weighted by atomic mass is 9.92. The van der Waals surface area contributed by atoms with E-state index in [4.69, 9.17) is 0 Å². The Morgan fingerprint density at radius 2 is 1.96 bits per heavy atom. The van der Waals surface area contributed by atoms with E-state index in [-0.39, 0.29) is 18.0 Å². The van der Waals surface area contributed by atoms with E-state index >= 15 is 0 Å². The van der Waals surface area contributed by atoms with E-state index in [9.17, 15) is 24.5 Å². The number of nitrogens with zero attached hydrogens (tertiary/aromatic N) is 2. The molecular weight excluding hydrogens is 346 g/mol. The number of urea groups is 1. The van der Waals surface area contributed by atoms with Gasteiger partial charge in [0.05, 0.1) is 16.3 Å². The number of carbonyl (C=O) groups is 3. The minimum Gasteiger partial charge on any atom is -0.319 e. The summed E-state index contributed by atoms with van der Waals surface area (Å²) in [6.07, 6.45) is 0. The molecule has 25 heavy (non-hydrogen) atoms. The normalized spacial score (nSPS) is 19.8. The van der Waals surface area contributed by atoms with E-state index < -0.39 is 22.4 Å². The van der Waals surface area contributed by atoms with Gasteiger partial charge in [-0.15, -0.1) is 11.3 Å². The van der Waals surface area contributed by atoms with Crippen LogP contribution >= 0.6 is 11.3 Å². The Hall–Kier alpha value is -3.07. The zero-order valence-electron chi connectivity index (χ0n) is 13.1. The predicted octanol–water partition coefficient (Wildman–Crippen LogP) is 2.31. The number of carbonyl (C=O) groups excluding carboxylic acids is 3. The number of nitro benzene ring substituents is 1. The molecule has 0 aliphatic carbocycles. The maximum atomic E-state index is 12.7. The minimum absolute atomic E-state index is 0.117. The molecule has 1 atom stereocenters. The highest BCUT2D eigenvalue weighted by atomic mass is 32.1. The number of non-ortho nitro benzene ring substituents is 1. The summed E-state index contributed by atoms with van der Waals surface area (Å²) in [5.74, 6) is -0.900. The van der Waals surface area contributed by atoms with E-state index in [0.29, 0.717) is 10.4 Å². The van der Waals surface area contributed by atoms with Gasteiger partial charge in [0.2, 0.25) is 0 Å². The summed E-state index contributed by atoms with van der Waals surface area (Å²) in [6.45, 7) is 1.15. The minimum atomic E-state index is -1.37. The molecule has 0 bridgehead atoms. The van der Waals surface area contributed by atoms with Crippen LogP contribution in [0, 0.1) is 10.1 Å². The summed E-state index contributed by atoms with van der Waals surface area (Å²) in [6, 6.07) is 8.03. The molecule has 9 heteroatoms. The molecule has 8 nitrogen and oxygen atoms in total. The maximum Gasteiger partial charge on any atom is 0.325 e. The van der Waals surface area contributed by atoms with Gasteiger partial charge < -0.3 is 5.32 Å². The summed E-state index contributed by atoms with van der Waals surface area (Å²) in [5.41, 5.74) is -1.08. The number of rotatable bonds is 5. The van der Waals surface area contributed by atoms with Gasteiger partial charge in [-0.05, 0) is 36.1 Å². The van der Waals surface area contributed by atoms with Crippen molar-refractivity contribution in [2.75, 3.05) is 6.54 Å². The first-order valence-electron chi connectivity index (χ1n) is 7.28. The molecule has 128 valence electrons. The highest BCUT2D eigenvalue weighted by Gasteiger charge is 2.49. The monoisotopic (exact) mass is 359 g/mol. The maximum absolute atomic E-state index is 12.7. The fourth-order valence-corrected chi connectivity index (χ4v) is 3.27. The number of nitrogens with one attached hydrogen (secondary N) is 1. The van der Waals surface area contributed by atoms with E-state index in [1.165, 1.54) is 42.5 Å². The first-order chi connectivity index (χ1) is 11.8. The van der Waals surface area contributed by atoms with Gasteiger partial charge in [-0.2, -0.15) is 0 Å². The predicted molar refractivity (Wildman–Crippen MR) is 89.3 cm³/mol. The van der Waals surface area contributed by atoms with Crippen molar-refractivity contribution in [3.8, 4) is 0 Å². The molecule has 1 aromatic heterocycles. The second-order valence-corrected chi connectivity index (χ2v) is 6.60. The van der Waals surface area contributed by atoms with Crippen molar-refractivity contribution < 1.29 is 19.3 Å². The number of thiophene rings is 1. The van der Waals surface area contributed by atoms with E-state index in [1.807, 2.05) is 0 Å². The number of hydrogen-bond donors (Lipinski definition) is 1. The van der Waals surface area contributed by atoms with E-state index in [0.717, 1.165) is 4.90 Å². The van der Waals surface area contributed by atoms with Gasteiger partial charge in [0, 0.05) is 12.1 Å². The number of amides is 3. The topological polar surface area (TPSA) is 110 Å². The van der Waals surface area contributed by atoms with Crippen LogP contribution in [0.2, 0.25) is 0 Å². The molecule has 3 amide bonds. The standard InChI is InChI=1S/C16H13N3O5S/c1-16(10-4-6-11(7-5-10)19(23)24)14(21)18(15(22)17-16)9-12(20)13-3-2-8-25-13/h2-8H,9H2,1H3,(H,17,22)/t16-/m0/s1. The Morgan fingerprint density at radius 3 is 2.52 bits per heavy atom. The molecule has 1 aromatic carbocycles. The molecule has 0 radical (unpaired) electrons. The van der Waals surface area contributed by atoms with Gasteiger partial charge in [0.15, 0.2) is 5.78 Å². The Morgan fingerprint density at radius 1 is 1.28 bits per heavy atom. The van der Waals surface area contributed by atoms with Crippen LogP contribution in [0.25, 0.3) is 0 Å². The molecule has 1 aliphatic heterocycles. The van der Waals surface area contributed by atoms with Crippen molar-refractivity contribution in [3.05, 3.63) is 62.3 Å². The van der Waals surface area contributed by atoms with Crippen LogP contribution in [0.3, 0.4) is 0 Å². The van der Waals surface area contributed by atoms with Gasteiger partial charge in [0.1, 0.15) is 5.54 Å². The zero-order chi connectivity index (χ0) is 18.2. The summed E-state index contributed by atoms with van der Waals surface area (Å²) >= 11 is 1.23. The molecule has 0 spiro atoms. The quantitative estimate of drug-likeness (QED) is 0.381. The van der Waals surface area contributed by atoms with Crippen molar-refractivity contribution in [2.24, 2.45) is 0 Å². The lowest BCUT2D eigenvalue weighted by Crippen LogP contribution is -2.41. The van der Waals surface area contributed by atoms with Crippen molar-refractivity contribution in [3.63, 3.8) is 0 Å². The molecule has 2 heterocycles. The first kappa shape index (κ1) is 16.8. The van der Waals surface area contributed by atoms with Crippen LogP contribution in [0.1, 0.15) is 22.2 Å². The lowest BCUT2D eigenvalue weighted by molar-refractivity contribution is -0.384. The Balaban J connectivity index is 1.84. The number of benzene rings is 1. The van der Waals surface area contributed by atoms with Crippen LogP contribution < -0.4 is 5.32 Å². The fourth-order valence-electron chi connectivity index (χ4n) is 2.61. The third-order valence-corrected chi connectivity index (χ3v) is 4.94. The second kappa shape index (κ2) is 6.10. The number of Topliss-reactive ketones (excluding diaryl/α,β-unsaturated/α-hetero) is 1. The summed E-state index contributed by atoms with van der Waals surface area (Å²) in [4.78, 5) is 48.6. The molecule has 1 N–H and O–H groups in total. The number of ketones is 1. The molecule has 1 saturated heterocycles.